The third-order valence-corrected chi connectivity index (χ3v) is 2.55. The van der Waals surface area contributed by atoms with Crippen LogP contribution in [0.5, 0.6) is 5.75 Å². The zero-order valence-corrected chi connectivity index (χ0v) is 11.7. The molecule has 98 valence electrons. The highest BCUT2D eigenvalue weighted by atomic mass is 16.5. The van der Waals surface area contributed by atoms with Crippen molar-refractivity contribution in [1.82, 2.24) is 0 Å². The van der Waals surface area contributed by atoms with E-state index in [0.29, 0.717) is 24.2 Å². The minimum absolute atomic E-state index is 0.456. The molecule has 4 heteroatoms. The molecule has 0 heterocycles. The van der Waals surface area contributed by atoms with E-state index in [1.807, 2.05) is 32.0 Å². The van der Waals surface area contributed by atoms with E-state index < -0.39 is 11.2 Å². The third-order valence-electron chi connectivity index (χ3n) is 2.55. The molecule has 1 aromatic carbocycles. The summed E-state index contributed by atoms with van der Waals surface area (Å²) in [6, 6.07) is 5.53. The first-order valence-electron chi connectivity index (χ1n) is 6.13. The smallest absolute Gasteiger partial charge is 0.119 e. The van der Waals surface area contributed by atoms with Crippen LogP contribution in [0.1, 0.15) is 39.7 Å². The number of ether oxygens (including phenoxy) is 1. The van der Waals surface area contributed by atoms with Gasteiger partial charge in [0.25, 0.3) is 0 Å². The maximum Gasteiger partial charge on any atom is 0.119 e. The summed E-state index contributed by atoms with van der Waals surface area (Å²) in [5.41, 5.74) is 5.82. The van der Waals surface area contributed by atoms with Crippen molar-refractivity contribution in [3.05, 3.63) is 23.8 Å². The van der Waals surface area contributed by atoms with Crippen LogP contribution in [0.3, 0.4) is 0 Å². The molecular formula is C14H22BNO2. The summed E-state index contributed by atoms with van der Waals surface area (Å²) in [6.07, 6.45) is 0.512. The second-order valence-electron chi connectivity index (χ2n) is 5.93. The summed E-state index contributed by atoms with van der Waals surface area (Å²) in [5, 5.41) is 9.85. The molecule has 0 fully saturated rings. The molecule has 0 atom stereocenters. The molecule has 0 unspecified atom stereocenters. The molecule has 0 amide bonds. The van der Waals surface area contributed by atoms with Crippen molar-refractivity contribution < 1.29 is 9.84 Å². The minimum atomic E-state index is -0.782. The van der Waals surface area contributed by atoms with Crippen LogP contribution in [-0.2, 0) is 6.54 Å². The number of rotatable bonds is 5. The molecule has 0 aliphatic rings. The number of hydrogen-bond acceptors (Lipinski definition) is 3. The van der Waals surface area contributed by atoms with Gasteiger partial charge < -0.3 is 15.6 Å². The van der Waals surface area contributed by atoms with E-state index in [-0.39, 0.29) is 0 Å². The highest BCUT2D eigenvalue weighted by molar-refractivity contribution is 6.34. The molecule has 0 bridgehead atoms. The number of nitrogens with two attached hydrogens (primary N) is 1. The van der Waals surface area contributed by atoms with Gasteiger partial charge in [0.15, 0.2) is 0 Å². The summed E-state index contributed by atoms with van der Waals surface area (Å²) >= 11 is 0. The van der Waals surface area contributed by atoms with Crippen molar-refractivity contribution in [3.8, 4) is 5.75 Å². The fraction of sp³-hybridized carbons (Fsp3) is 0.571. The molecule has 0 saturated carbocycles. The Morgan fingerprint density at radius 3 is 2.33 bits per heavy atom. The lowest BCUT2D eigenvalue weighted by Crippen LogP contribution is -2.38. The third kappa shape index (κ3) is 4.71. The number of hydrogen-bond donors (Lipinski definition) is 2. The van der Waals surface area contributed by atoms with Gasteiger partial charge >= 0.3 is 0 Å². The Morgan fingerprint density at radius 2 is 1.89 bits per heavy atom. The van der Waals surface area contributed by atoms with Crippen LogP contribution >= 0.6 is 0 Å². The minimum Gasteiger partial charge on any atom is -0.488 e. The number of benzene rings is 1. The Morgan fingerprint density at radius 1 is 1.28 bits per heavy atom. The van der Waals surface area contributed by atoms with Crippen molar-refractivity contribution in [3.63, 3.8) is 0 Å². The predicted molar refractivity (Wildman–Crippen MR) is 75.3 cm³/mol. The molecule has 1 rings (SSSR count). The lowest BCUT2D eigenvalue weighted by atomic mass is 9.90. The van der Waals surface area contributed by atoms with Crippen LogP contribution in [-0.4, -0.2) is 24.2 Å². The van der Waals surface area contributed by atoms with Crippen LogP contribution in [0.25, 0.3) is 0 Å². The van der Waals surface area contributed by atoms with Gasteiger partial charge in [-0.15, -0.1) is 0 Å². The zero-order valence-electron chi connectivity index (χ0n) is 11.7. The molecule has 18 heavy (non-hydrogen) atoms. The summed E-state index contributed by atoms with van der Waals surface area (Å²) < 4.78 is 5.88. The Hall–Kier alpha value is -0.995. The van der Waals surface area contributed by atoms with E-state index in [1.54, 1.807) is 13.8 Å². The molecule has 2 radical (unpaired) electrons. The van der Waals surface area contributed by atoms with Gasteiger partial charge in [-0.1, -0.05) is 17.6 Å². The highest BCUT2D eigenvalue weighted by Crippen LogP contribution is 2.25. The summed E-state index contributed by atoms with van der Waals surface area (Å²) in [4.78, 5) is 0. The summed E-state index contributed by atoms with van der Waals surface area (Å²) in [7, 11) is 5.92. The van der Waals surface area contributed by atoms with Crippen molar-refractivity contribution in [2.75, 3.05) is 0 Å². The first-order chi connectivity index (χ1) is 8.13. The zero-order chi connectivity index (χ0) is 14.0. The second-order valence-corrected chi connectivity index (χ2v) is 5.93. The first kappa shape index (κ1) is 15.1. The van der Waals surface area contributed by atoms with Crippen molar-refractivity contribution in [1.29, 1.82) is 0 Å². The maximum absolute atomic E-state index is 9.85. The molecule has 3 nitrogen and oxygen atoms in total. The average Bonchev–Trinajstić information content (AvgIpc) is 2.17. The highest BCUT2D eigenvalue weighted by Gasteiger charge is 2.28. The molecular weight excluding hydrogens is 225 g/mol. The van der Waals surface area contributed by atoms with Crippen LogP contribution in [0, 0.1) is 0 Å². The molecule has 0 aliphatic heterocycles. The van der Waals surface area contributed by atoms with Gasteiger partial charge in [-0.3, -0.25) is 0 Å². The van der Waals surface area contributed by atoms with E-state index >= 15 is 0 Å². The summed E-state index contributed by atoms with van der Waals surface area (Å²) in [6.45, 7) is 7.85. The Bertz CT molecular complexity index is 411. The van der Waals surface area contributed by atoms with E-state index in [9.17, 15) is 5.11 Å². The van der Waals surface area contributed by atoms with Crippen LogP contribution in [0.2, 0.25) is 0 Å². The van der Waals surface area contributed by atoms with Gasteiger partial charge in [0.2, 0.25) is 0 Å². The van der Waals surface area contributed by atoms with Gasteiger partial charge in [0, 0.05) is 13.0 Å². The Labute approximate surface area is 111 Å². The lowest BCUT2D eigenvalue weighted by molar-refractivity contribution is -0.0102. The van der Waals surface area contributed by atoms with Crippen LogP contribution < -0.4 is 15.9 Å². The maximum atomic E-state index is 9.85. The SMILES string of the molecule is [B]c1cc(CN)ccc1OC(C)(C)CC(C)(C)O. The van der Waals surface area contributed by atoms with E-state index in [0.717, 1.165) is 5.56 Å². The Kier molecular flexibility index (Phi) is 4.46. The van der Waals surface area contributed by atoms with E-state index in [4.69, 9.17) is 18.3 Å². The number of aliphatic hydroxyl groups is 1. The molecule has 3 N–H and O–H groups in total. The van der Waals surface area contributed by atoms with Gasteiger partial charge in [-0.25, -0.2) is 0 Å². The van der Waals surface area contributed by atoms with Gasteiger partial charge in [0.1, 0.15) is 19.2 Å². The fourth-order valence-electron chi connectivity index (χ4n) is 2.19. The van der Waals surface area contributed by atoms with Crippen molar-refractivity contribution in [2.24, 2.45) is 5.73 Å². The topological polar surface area (TPSA) is 55.5 Å². The normalized spacial score (nSPS) is 12.6. The molecule has 1 aromatic rings. The monoisotopic (exact) mass is 247 g/mol. The molecule has 0 saturated heterocycles. The van der Waals surface area contributed by atoms with Crippen molar-refractivity contribution in [2.45, 2.75) is 51.9 Å². The van der Waals surface area contributed by atoms with Crippen LogP contribution in [0.4, 0.5) is 0 Å². The largest absolute Gasteiger partial charge is 0.488 e. The van der Waals surface area contributed by atoms with E-state index in [1.165, 1.54) is 0 Å². The van der Waals surface area contributed by atoms with Crippen molar-refractivity contribution >= 4 is 13.3 Å². The quantitative estimate of drug-likeness (QED) is 0.770. The van der Waals surface area contributed by atoms with Crippen LogP contribution in [0.15, 0.2) is 18.2 Å². The molecule has 0 aliphatic carbocycles. The van der Waals surface area contributed by atoms with E-state index in [2.05, 4.69) is 0 Å². The summed E-state index contributed by atoms with van der Waals surface area (Å²) in [5.74, 6) is 0.626. The Balaban J connectivity index is 2.84. The predicted octanol–water partition coefficient (Wildman–Crippen LogP) is 1.26. The first-order valence-corrected chi connectivity index (χ1v) is 6.13. The van der Waals surface area contributed by atoms with Gasteiger partial charge in [-0.05, 0) is 39.3 Å². The fourth-order valence-corrected chi connectivity index (χ4v) is 2.19. The van der Waals surface area contributed by atoms with Gasteiger partial charge in [0.05, 0.1) is 5.60 Å². The lowest BCUT2D eigenvalue weighted by Gasteiger charge is -2.33. The standard InChI is InChI=1S/C14H22BNO2/c1-13(2,17)9-14(3,4)18-12-6-5-10(8-16)7-11(12)15/h5-7,17H,8-9,16H2,1-4H3. The molecule has 0 spiro atoms. The second kappa shape index (κ2) is 5.33. The molecule has 0 aromatic heterocycles. The van der Waals surface area contributed by atoms with Gasteiger partial charge in [-0.2, -0.15) is 0 Å². The average molecular weight is 247 g/mol.